The van der Waals surface area contributed by atoms with Gasteiger partial charge < -0.3 is 0 Å². The molecule has 2 N–H and O–H groups in total. The highest BCUT2D eigenvalue weighted by atomic mass is 32.2. The van der Waals surface area contributed by atoms with Gasteiger partial charge in [-0.15, -0.1) is 10.2 Å². The summed E-state index contributed by atoms with van der Waals surface area (Å²) in [7, 11) is -3.42. The first-order valence-electron chi connectivity index (χ1n) is 8.17. The maximum absolute atomic E-state index is 12.4. The molecule has 0 unspecified atom stereocenters. The van der Waals surface area contributed by atoms with Crippen molar-refractivity contribution in [1.82, 2.24) is 10.2 Å². The summed E-state index contributed by atoms with van der Waals surface area (Å²) in [4.78, 5) is 12.4. The third kappa shape index (κ3) is 4.69. The maximum atomic E-state index is 12.4. The molecule has 0 radical (unpaired) electrons. The van der Waals surface area contributed by atoms with Gasteiger partial charge in [0, 0.05) is 16.8 Å². The number of hydrogen-bond donors (Lipinski definition) is 2. The molecular formula is C18H18N4O3S2. The summed E-state index contributed by atoms with van der Waals surface area (Å²) in [5, 5.41) is 11.3. The minimum atomic E-state index is -3.42. The summed E-state index contributed by atoms with van der Waals surface area (Å²) in [5.74, 6) is -0.343. The maximum Gasteiger partial charge on any atom is 0.257 e. The van der Waals surface area contributed by atoms with Crippen molar-refractivity contribution in [2.75, 3.05) is 10.0 Å². The number of nitrogens with zero attached hydrogens (tertiary/aromatic N) is 2. The van der Waals surface area contributed by atoms with Crippen LogP contribution in [0.1, 0.15) is 24.2 Å². The molecule has 0 spiro atoms. The number of sulfonamides is 1. The minimum Gasteiger partial charge on any atom is -0.296 e. The van der Waals surface area contributed by atoms with Crippen molar-refractivity contribution in [1.29, 1.82) is 0 Å². The molecule has 1 heterocycles. The molecule has 0 aliphatic rings. The molecule has 1 amide bonds. The third-order valence-electron chi connectivity index (χ3n) is 3.69. The average molecular weight is 403 g/mol. The highest BCUT2D eigenvalue weighted by Crippen LogP contribution is 2.26. The van der Waals surface area contributed by atoms with Crippen LogP contribution in [-0.2, 0) is 10.0 Å². The summed E-state index contributed by atoms with van der Waals surface area (Å²) in [5.41, 5.74) is 1.72. The lowest BCUT2D eigenvalue weighted by Crippen LogP contribution is -2.22. The lowest BCUT2D eigenvalue weighted by Gasteiger charge is -2.11. The molecule has 0 bridgehead atoms. The predicted octanol–water partition coefficient (Wildman–Crippen LogP) is 3.61. The van der Waals surface area contributed by atoms with Crippen molar-refractivity contribution in [2.45, 2.75) is 19.1 Å². The van der Waals surface area contributed by atoms with Gasteiger partial charge in [0.1, 0.15) is 5.01 Å². The van der Waals surface area contributed by atoms with Gasteiger partial charge in [-0.3, -0.25) is 14.8 Å². The number of carbonyl (C=O) groups excluding carboxylic acids is 1. The standard InChI is InChI=1S/C18H18N4O3S2/c1-12(2)27(24,25)22-15-10-8-13(9-11-15)16(23)19-18-21-20-17(26-18)14-6-4-3-5-7-14/h3-12,22H,1-2H3,(H,19,21,23). The molecule has 0 atom stereocenters. The second-order valence-corrected chi connectivity index (χ2v) is 9.22. The molecule has 3 rings (SSSR count). The first kappa shape index (κ1) is 19.0. The molecule has 1 aromatic heterocycles. The molecule has 0 saturated carbocycles. The smallest absolute Gasteiger partial charge is 0.257 e. The number of hydrogen-bond acceptors (Lipinski definition) is 6. The zero-order valence-corrected chi connectivity index (χ0v) is 16.3. The van der Waals surface area contributed by atoms with E-state index in [9.17, 15) is 13.2 Å². The summed E-state index contributed by atoms with van der Waals surface area (Å²) in [6.07, 6.45) is 0. The highest BCUT2D eigenvalue weighted by molar-refractivity contribution is 7.93. The number of benzene rings is 2. The zero-order chi connectivity index (χ0) is 19.4. The number of aromatic nitrogens is 2. The summed E-state index contributed by atoms with van der Waals surface area (Å²) in [6, 6.07) is 15.8. The first-order chi connectivity index (χ1) is 12.8. The van der Waals surface area contributed by atoms with Crippen molar-refractivity contribution < 1.29 is 13.2 Å². The SMILES string of the molecule is CC(C)S(=O)(=O)Nc1ccc(C(=O)Nc2nnc(-c3ccccc3)s2)cc1. The van der Waals surface area contributed by atoms with Crippen LogP contribution in [0.5, 0.6) is 0 Å². The van der Waals surface area contributed by atoms with Crippen molar-refractivity contribution in [2.24, 2.45) is 0 Å². The minimum absolute atomic E-state index is 0.343. The summed E-state index contributed by atoms with van der Waals surface area (Å²) >= 11 is 1.28. The van der Waals surface area contributed by atoms with Gasteiger partial charge in [0.2, 0.25) is 15.2 Å². The van der Waals surface area contributed by atoms with Crippen LogP contribution in [0.4, 0.5) is 10.8 Å². The monoisotopic (exact) mass is 402 g/mol. The average Bonchev–Trinajstić information content (AvgIpc) is 3.11. The molecule has 3 aromatic rings. The van der Waals surface area contributed by atoms with Crippen LogP contribution in [0.25, 0.3) is 10.6 Å². The topological polar surface area (TPSA) is 101 Å². The van der Waals surface area contributed by atoms with Crippen LogP contribution in [0.3, 0.4) is 0 Å². The van der Waals surface area contributed by atoms with Gasteiger partial charge in [-0.25, -0.2) is 8.42 Å². The van der Waals surface area contributed by atoms with Gasteiger partial charge in [0.15, 0.2) is 0 Å². The molecule has 0 saturated heterocycles. The molecule has 2 aromatic carbocycles. The Morgan fingerprint density at radius 1 is 1.00 bits per heavy atom. The van der Waals surface area contributed by atoms with Gasteiger partial charge in [0.05, 0.1) is 5.25 Å². The Bertz CT molecular complexity index is 1030. The Balaban J connectivity index is 1.67. The van der Waals surface area contributed by atoms with E-state index in [-0.39, 0.29) is 5.91 Å². The second kappa shape index (κ2) is 7.85. The molecule has 0 fully saturated rings. The van der Waals surface area contributed by atoms with Crippen LogP contribution in [0.2, 0.25) is 0 Å². The number of rotatable bonds is 6. The number of carbonyl (C=O) groups is 1. The summed E-state index contributed by atoms with van der Waals surface area (Å²) in [6.45, 7) is 3.19. The van der Waals surface area contributed by atoms with Crippen molar-refractivity contribution in [3.63, 3.8) is 0 Å². The van der Waals surface area contributed by atoms with Crippen LogP contribution in [-0.4, -0.2) is 29.8 Å². The Morgan fingerprint density at radius 2 is 1.67 bits per heavy atom. The van der Waals surface area contributed by atoms with E-state index in [0.29, 0.717) is 21.4 Å². The molecule has 9 heteroatoms. The normalized spacial score (nSPS) is 11.4. The number of amides is 1. The van der Waals surface area contributed by atoms with Crippen molar-refractivity contribution >= 4 is 38.1 Å². The van der Waals surface area contributed by atoms with Crippen molar-refractivity contribution in [3.05, 3.63) is 60.2 Å². The lowest BCUT2D eigenvalue weighted by atomic mass is 10.2. The molecule has 0 aliphatic heterocycles. The van der Waals surface area contributed by atoms with Gasteiger partial charge in [-0.05, 0) is 38.1 Å². The van der Waals surface area contributed by atoms with Crippen LogP contribution in [0, 0.1) is 0 Å². The van der Waals surface area contributed by atoms with E-state index >= 15 is 0 Å². The van der Waals surface area contributed by atoms with Gasteiger partial charge >= 0.3 is 0 Å². The molecular weight excluding hydrogens is 384 g/mol. The molecule has 0 aliphatic carbocycles. The third-order valence-corrected chi connectivity index (χ3v) is 6.34. The fraction of sp³-hybridized carbons (Fsp3) is 0.167. The van der Waals surface area contributed by atoms with E-state index in [1.807, 2.05) is 30.3 Å². The largest absolute Gasteiger partial charge is 0.296 e. The van der Waals surface area contributed by atoms with E-state index in [4.69, 9.17) is 0 Å². The number of nitrogens with one attached hydrogen (secondary N) is 2. The summed E-state index contributed by atoms with van der Waals surface area (Å²) < 4.78 is 26.2. The number of anilines is 2. The van der Waals surface area contributed by atoms with E-state index in [2.05, 4.69) is 20.2 Å². The van der Waals surface area contributed by atoms with Crippen molar-refractivity contribution in [3.8, 4) is 10.6 Å². The van der Waals surface area contributed by atoms with Crippen LogP contribution in [0.15, 0.2) is 54.6 Å². The van der Waals surface area contributed by atoms with E-state index in [1.165, 1.54) is 11.3 Å². The van der Waals surface area contributed by atoms with Gasteiger partial charge in [0.25, 0.3) is 5.91 Å². The molecule has 140 valence electrons. The molecule has 27 heavy (non-hydrogen) atoms. The Hall–Kier alpha value is -2.78. The quantitative estimate of drug-likeness (QED) is 0.656. The Kier molecular flexibility index (Phi) is 5.52. The molecule has 7 nitrogen and oxygen atoms in total. The predicted molar refractivity (Wildman–Crippen MR) is 107 cm³/mol. The Morgan fingerprint density at radius 3 is 2.30 bits per heavy atom. The fourth-order valence-electron chi connectivity index (χ4n) is 2.11. The van der Waals surface area contributed by atoms with E-state index in [1.54, 1.807) is 38.1 Å². The fourth-order valence-corrected chi connectivity index (χ4v) is 3.56. The lowest BCUT2D eigenvalue weighted by molar-refractivity contribution is 0.102. The van der Waals surface area contributed by atoms with E-state index < -0.39 is 15.3 Å². The highest BCUT2D eigenvalue weighted by Gasteiger charge is 2.16. The van der Waals surface area contributed by atoms with Crippen LogP contribution < -0.4 is 10.0 Å². The van der Waals surface area contributed by atoms with Gasteiger partial charge in [-0.2, -0.15) is 0 Å². The zero-order valence-electron chi connectivity index (χ0n) is 14.7. The van der Waals surface area contributed by atoms with Gasteiger partial charge in [-0.1, -0.05) is 41.7 Å². The van der Waals surface area contributed by atoms with Crippen LogP contribution >= 0.6 is 11.3 Å². The van der Waals surface area contributed by atoms with E-state index in [0.717, 1.165) is 5.56 Å². The second-order valence-electron chi connectivity index (χ2n) is 6.01. The first-order valence-corrected chi connectivity index (χ1v) is 10.5. The Labute approximate surface area is 161 Å².